The monoisotopic (exact) mass is 356 g/mol. The first-order valence-corrected chi connectivity index (χ1v) is 8.66. The molecule has 4 rings (SSSR count). The van der Waals surface area contributed by atoms with Gasteiger partial charge in [0, 0.05) is 25.6 Å². The summed E-state index contributed by atoms with van der Waals surface area (Å²) < 4.78 is 15.6. The molecule has 26 heavy (non-hydrogen) atoms. The van der Waals surface area contributed by atoms with E-state index in [0.717, 1.165) is 29.7 Å². The van der Waals surface area contributed by atoms with Crippen molar-refractivity contribution in [1.82, 2.24) is 20.2 Å². The molecule has 1 amide bonds. The van der Waals surface area contributed by atoms with Gasteiger partial charge >= 0.3 is 0 Å². The van der Waals surface area contributed by atoms with Crippen LogP contribution in [0.2, 0.25) is 0 Å². The summed E-state index contributed by atoms with van der Waals surface area (Å²) in [6.07, 6.45) is 2.38. The van der Waals surface area contributed by atoms with Crippen LogP contribution in [0.3, 0.4) is 0 Å². The second-order valence-corrected chi connectivity index (χ2v) is 6.42. The summed E-state index contributed by atoms with van der Waals surface area (Å²) in [5, 5.41) is 7.82. The topological polar surface area (TPSA) is 94.5 Å². The Labute approximate surface area is 150 Å². The highest BCUT2D eigenvalue weighted by Crippen LogP contribution is 2.33. The Kier molecular flexibility index (Phi) is 4.42. The van der Waals surface area contributed by atoms with E-state index in [-0.39, 0.29) is 11.9 Å². The fourth-order valence-corrected chi connectivity index (χ4v) is 3.40. The van der Waals surface area contributed by atoms with E-state index in [9.17, 15) is 4.79 Å². The third kappa shape index (κ3) is 2.96. The quantitative estimate of drug-likeness (QED) is 0.693. The molecule has 8 heteroatoms. The van der Waals surface area contributed by atoms with Crippen molar-refractivity contribution < 1.29 is 18.6 Å². The van der Waals surface area contributed by atoms with Gasteiger partial charge in [0.15, 0.2) is 11.5 Å². The average Bonchev–Trinajstić information content (AvgIpc) is 3.36. The van der Waals surface area contributed by atoms with Gasteiger partial charge in [-0.1, -0.05) is 10.3 Å². The summed E-state index contributed by atoms with van der Waals surface area (Å²) in [6, 6.07) is 5.26. The first kappa shape index (κ1) is 16.7. The number of amides is 1. The average molecular weight is 356 g/mol. The van der Waals surface area contributed by atoms with Crippen molar-refractivity contribution in [2.75, 3.05) is 20.3 Å². The summed E-state index contributed by atoms with van der Waals surface area (Å²) in [7, 11) is 1.64. The maximum atomic E-state index is 13.1. The lowest BCUT2D eigenvalue weighted by Crippen LogP contribution is -2.31. The fourth-order valence-electron chi connectivity index (χ4n) is 3.40. The minimum Gasteiger partial charge on any atom is -0.441 e. The Hall–Kier alpha value is -2.74. The number of carbonyl (C=O) groups excluding carboxylic acids is 1. The number of hydrogen-bond donors (Lipinski definition) is 0. The third-order valence-corrected chi connectivity index (χ3v) is 4.72. The van der Waals surface area contributed by atoms with Crippen LogP contribution in [0.25, 0.3) is 11.1 Å². The molecule has 1 aliphatic heterocycles. The van der Waals surface area contributed by atoms with Gasteiger partial charge in [-0.05, 0) is 38.0 Å². The molecule has 3 aromatic rings. The number of carbonyl (C=O) groups is 1. The zero-order chi connectivity index (χ0) is 18.1. The van der Waals surface area contributed by atoms with E-state index in [2.05, 4.69) is 15.3 Å². The molecule has 1 fully saturated rings. The van der Waals surface area contributed by atoms with Gasteiger partial charge in [0.1, 0.15) is 16.9 Å². The van der Waals surface area contributed by atoms with Gasteiger partial charge in [-0.2, -0.15) is 0 Å². The van der Waals surface area contributed by atoms with Crippen LogP contribution in [0.1, 0.15) is 46.5 Å². The van der Waals surface area contributed by atoms with Gasteiger partial charge in [-0.25, -0.2) is 9.61 Å². The number of nitrogens with zero attached hydrogens (tertiary/aromatic N) is 4. The van der Waals surface area contributed by atoms with E-state index in [1.807, 2.05) is 17.9 Å². The van der Waals surface area contributed by atoms with E-state index in [0.29, 0.717) is 36.6 Å². The first-order chi connectivity index (χ1) is 12.7. The highest BCUT2D eigenvalue weighted by atomic mass is 16.6. The molecule has 0 N–H and O–H groups in total. The van der Waals surface area contributed by atoms with Crippen LogP contribution in [0.15, 0.2) is 27.2 Å². The molecule has 0 spiro atoms. The van der Waals surface area contributed by atoms with E-state index in [1.54, 1.807) is 19.2 Å². The molecule has 3 heterocycles. The minimum atomic E-state index is -0.101. The van der Waals surface area contributed by atoms with Gasteiger partial charge in [0.25, 0.3) is 5.91 Å². The Morgan fingerprint density at radius 3 is 3.04 bits per heavy atom. The van der Waals surface area contributed by atoms with E-state index >= 15 is 0 Å². The van der Waals surface area contributed by atoms with Crippen LogP contribution in [0, 0.1) is 6.92 Å². The number of methoxy groups -OCH3 is 1. The normalized spacial score (nSPS) is 17.3. The molecule has 8 nitrogen and oxygen atoms in total. The van der Waals surface area contributed by atoms with Crippen LogP contribution >= 0.6 is 0 Å². The second-order valence-electron chi connectivity index (χ2n) is 6.42. The maximum Gasteiger partial charge on any atom is 0.254 e. The molecule has 0 saturated carbocycles. The highest BCUT2D eigenvalue weighted by Gasteiger charge is 2.34. The molecule has 0 bridgehead atoms. The molecular formula is C18H20N4O4. The fraction of sp³-hybridized carbons (Fsp3) is 0.444. The predicted molar refractivity (Wildman–Crippen MR) is 91.6 cm³/mol. The van der Waals surface area contributed by atoms with Crippen molar-refractivity contribution in [2.24, 2.45) is 0 Å². The summed E-state index contributed by atoms with van der Waals surface area (Å²) in [5.41, 5.74) is 3.38. The SMILES string of the molecule is COCCc1nc2ccc(C(=O)N3CCCC3c3nonc3C)cc2o1. The van der Waals surface area contributed by atoms with Gasteiger partial charge in [0.2, 0.25) is 0 Å². The number of aromatic nitrogens is 3. The van der Waals surface area contributed by atoms with Crippen LogP contribution in [-0.2, 0) is 11.2 Å². The van der Waals surface area contributed by atoms with E-state index in [4.69, 9.17) is 13.8 Å². The summed E-state index contributed by atoms with van der Waals surface area (Å²) in [6.45, 7) is 3.07. The number of ether oxygens (including phenoxy) is 1. The highest BCUT2D eigenvalue weighted by molar-refractivity contribution is 5.97. The number of hydrogen-bond acceptors (Lipinski definition) is 7. The lowest BCUT2D eigenvalue weighted by atomic mass is 10.1. The second kappa shape index (κ2) is 6.87. The summed E-state index contributed by atoms with van der Waals surface area (Å²) in [5.74, 6) is 0.557. The van der Waals surface area contributed by atoms with Crippen molar-refractivity contribution in [1.29, 1.82) is 0 Å². The van der Waals surface area contributed by atoms with Crippen molar-refractivity contribution in [3.63, 3.8) is 0 Å². The molecular weight excluding hydrogens is 336 g/mol. The zero-order valence-electron chi connectivity index (χ0n) is 14.8. The van der Waals surface area contributed by atoms with Crippen molar-refractivity contribution in [2.45, 2.75) is 32.2 Å². The van der Waals surface area contributed by atoms with Crippen molar-refractivity contribution >= 4 is 17.0 Å². The van der Waals surface area contributed by atoms with Crippen molar-refractivity contribution in [3.8, 4) is 0 Å². The van der Waals surface area contributed by atoms with Gasteiger partial charge in [0.05, 0.1) is 12.6 Å². The maximum absolute atomic E-state index is 13.1. The van der Waals surface area contributed by atoms with Crippen LogP contribution in [-0.4, -0.2) is 46.4 Å². The smallest absolute Gasteiger partial charge is 0.254 e. The van der Waals surface area contributed by atoms with Crippen LogP contribution < -0.4 is 0 Å². The molecule has 1 unspecified atom stereocenters. The van der Waals surface area contributed by atoms with E-state index in [1.165, 1.54) is 0 Å². The molecule has 2 aromatic heterocycles. The van der Waals surface area contributed by atoms with Crippen LogP contribution in [0.5, 0.6) is 0 Å². The summed E-state index contributed by atoms with van der Waals surface area (Å²) in [4.78, 5) is 19.3. The van der Waals surface area contributed by atoms with E-state index < -0.39 is 0 Å². The molecule has 0 aliphatic carbocycles. The standard InChI is InChI=1S/C18H20N4O4/c1-11-17(21-26-20-11)14-4-3-8-22(14)18(23)12-5-6-13-15(10-12)25-16(19-13)7-9-24-2/h5-6,10,14H,3-4,7-9H2,1-2H3. The third-order valence-electron chi connectivity index (χ3n) is 4.72. The Morgan fingerprint density at radius 2 is 2.27 bits per heavy atom. The Balaban J connectivity index is 1.60. The Morgan fingerprint density at radius 1 is 1.38 bits per heavy atom. The number of fused-ring (bicyclic) bond motifs is 1. The molecule has 1 aliphatic rings. The number of likely N-dealkylation sites (tertiary alicyclic amines) is 1. The van der Waals surface area contributed by atoms with Crippen LogP contribution in [0.4, 0.5) is 0 Å². The number of oxazole rings is 1. The van der Waals surface area contributed by atoms with Gasteiger partial charge in [-0.15, -0.1) is 0 Å². The lowest BCUT2D eigenvalue weighted by Gasteiger charge is -2.23. The molecule has 136 valence electrons. The summed E-state index contributed by atoms with van der Waals surface area (Å²) >= 11 is 0. The number of aryl methyl sites for hydroxylation is 1. The molecule has 1 saturated heterocycles. The predicted octanol–water partition coefficient (Wildman–Crippen LogP) is 2.69. The minimum absolute atomic E-state index is 0.0494. The van der Waals surface area contributed by atoms with Gasteiger partial charge < -0.3 is 14.1 Å². The lowest BCUT2D eigenvalue weighted by molar-refractivity contribution is 0.0730. The number of benzene rings is 1. The molecule has 0 radical (unpaired) electrons. The molecule has 1 atom stereocenters. The Bertz CT molecular complexity index is 932. The molecule has 1 aromatic carbocycles. The first-order valence-electron chi connectivity index (χ1n) is 8.66. The zero-order valence-corrected chi connectivity index (χ0v) is 14.8. The number of rotatable bonds is 5. The van der Waals surface area contributed by atoms with Crippen molar-refractivity contribution in [3.05, 3.63) is 41.0 Å². The van der Waals surface area contributed by atoms with Gasteiger partial charge in [-0.3, -0.25) is 4.79 Å². The largest absolute Gasteiger partial charge is 0.441 e.